The third-order valence-electron chi connectivity index (χ3n) is 2.58. The lowest BCUT2D eigenvalue weighted by Crippen LogP contribution is -2.20. The number of benzene rings is 1. The van der Waals surface area contributed by atoms with Gasteiger partial charge in [0.15, 0.2) is 0 Å². The van der Waals surface area contributed by atoms with E-state index in [4.69, 9.17) is 4.74 Å². The molecule has 1 atom stereocenters. The number of carbonyl (C=O) groups is 1. The van der Waals surface area contributed by atoms with Gasteiger partial charge in [0.05, 0.1) is 12.5 Å². The molecule has 0 N–H and O–H groups in total. The molecular formula is C14H20O2. The number of hydrogen-bond donors (Lipinski definition) is 0. The molecule has 1 unspecified atom stereocenters. The number of rotatable bonds is 6. The van der Waals surface area contributed by atoms with Crippen LogP contribution >= 0.6 is 0 Å². The van der Waals surface area contributed by atoms with Crippen LogP contribution < -0.4 is 0 Å². The van der Waals surface area contributed by atoms with E-state index in [1.807, 2.05) is 25.1 Å². The van der Waals surface area contributed by atoms with E-state index in [1.54, 1.807) is 0 Å². The van der Waals surface area contributed by atoms with Crippen LogP contribution in [0, 0.1) is 5.92 Å². The van der Waals surface area contributed by atoms with Crippen LogP contribution in [0.15, 0.2) is 30.3 Å². The summed E-state index contributed by atoms with van der Waals surface area (Å²) in [6.07, 6.45) is 2.69. The largest absolute Gasteiger partial charge is 0.466 e. The van der Waals surface area contributed by atoms with Gasteiger partial charge in [0.2, 0.25) is 0 Å². The van der Waals surface area contributed by atoms with Gasteiger partial charge in [-0.15, -0.1) is 0 Å². The van der Waals surface area contributed by atoms with Gasteiger partial charge >= 0.3 is 5.97 Å². The van der Waals surface area contributed by atoms with Crippen molar-refractivity contribution in [3.8, 4) is 0 Å². The van der Waals surface area contributed by atoms with E-state index in [-0.39, 0.29) is 11.9 Å². The average molecular weight is 220 g/mol. The van der Waals surface area contributed by atoms with Crippen molar-refractivity contribution in [3.05, 3.63) is 35.9 Å². The summed E-state index contributed by atoms with van der Waals surface area (Å²) in [7, 11) is 0. The Morgan fingerprint density at radius 2 is 1.94 bits per heavy atom. The predicted octanol–water partition coefficient (Wildman–Crippen LogP) is 3.21. The molecule has 2 heteroatoms. The first-order valence-electron chi connectivity index (χ1n) is 5.98. The van der Waals surface area contributed by atoms with E-state index in [0.717, 1.165) is 19.3 Å². The highest BCUT2D eigenvalue weighted by molar-refractivity contribution is 5.72. The molecule has 1 rings (SSSR count). The smallest absolute Gasteiger partial charge is 0.309 e. The fourth-order valence-corrected chi connectivity index (χ4v) is 1.81. The van der Waals surface area contributed by atoms with Crippen LogP contribution in [0.5, 0.6) is 0 Å². The van der Waals surface area contributed by atoms with Gasteiger partial charge in [0.1, 0.15) is 0 Å². The molecular weight excluding hydrogens is 200 g/mol. The van der Waals surface area contributed by atoms with Crippen molar-refractivity contribution in [1.29, 1.82) is 0 Å². The molecule has 0 aliphatic heterocycles. The van der Waals surface area contributed by atoms with Gasteiger partial charge in [-0.25, -0.2) is 0 Å². The Labute approximate surface area is 97.6 Å². The Balaban J connectivity index is 2.60. The molecule has 1 aromatic carbocycles. The van der Waals surface area contributed by atoms with Gasteiger partial charge in [-0.2, -0.15) is 0 Å². The van der Waals surface area contributed by atoms with E-state index >= 15 is 0 Å². The fourth-order valence-electron chi connectivity index (χ4n) is 1.81. The molecule has 2 nitrogen and oxygen atoms in total. The fraction of sp³-hybridized carbons (Fsp3) is 0.500. The molecule has 0 aliphatic rings. The minimum atomic E-state index is -0.0618. The van der Waals surface area contributed by atoms with Crippen LogP contribution in [0.2, 0.25) is 0 Å². The number of hydrogen-bond acceptors (Lipinski definition) is 2. The molecule has 0 saturated heterocycles. The first kappa shape index (κ1) is 12.8. The molecule has 0 aliphatic carbocycles. The summed E-state index contributed by atoms with van der Waals surface area (Å²) in [5, 5.41) is 0. The molecule has 0 radical (unpaired) electrons. The third kappa shape index (κ3) is 4.05. The summed E-state index contributed by atoms with van der Waals surface area (Å²) in [6, 6.07) is 10.1. The Bertz CT molecular complexity index is 306. The standard InChI is InChI=1S/C14H20O2/c1-3-8-13(14(15)16-4-2)11-12-9-6-5-7-10-12/h5-7,9-10,13H,3-4,8,11H2,1-2H3. The van der Waals surface area contributed by atoms with E-state index in [9.17, 15) is 4.79 Å². The van der Waals surface area contributed by atoms with Crippen LogP contribution in [0.25, 0.3) is 0 Å². The van der Waals surface area contributed by atoms with Crippen LogP contribution in [0.4, 0.5) is 0 Å². The van der Waals surface area contributed by atoms with Crippen molar-refractivity contribution in [3.63, 3.8) is 0 Å². The highest BCUT2D eigenvalue weighted by Crippen LogP contribution is 2.15. The van der Waals surface area contributed by atoms with Gasteiger partial charge in [-0.05, 0) is 25.3 Å². The number of ether oxygens (including phenoxy) is 1. The van der Waals surface area contributed by atoms with Crippen molar-refractivity contribution in [1.82, 2.24) is 0 Å². The molecule has 88 valence electrons. The number of esters is 1. The van der Waals surface area contributed by atoms with Gasteiger partial charge in [0, 0.05) is 0 Å². The maximum absolute atomic E-state index is 11.7. The highest BCUT2D eigenvalue weighted by atomic mass is 16.5. The van der Waals surface area contributed by atoms with Crippen molar-refractivity contribution in [2.75, 3.05) is 6.61 Å². The van der Waals surface area contributed by atoms with Crippen LogP contribution in [-0.2, 0) is 16.0 Å². The van der Waals surface area contributed by atoms with Crippen molar-refractivity contribution < 1.29 is 9.53 Å². The van der Waals surface area contributed by atoms with E-state index < -0.39 is 0 Å². The second-order valence-corrected chi connectivity index (χ2v) is 3.93. The van der Waals surface area contributed by atoms with Crippen LogP contribution in [0.3, 0.4) is 0 Å². The second kappa shape index (κ2) is 7.04. The van der Waals surface area contributed by atoms with Crippen molar-refractivity contribution in [2.24, 2.45) is 5.92 Å². The monoisotopic (exact) mass is 220 g/mol. The summed E-state index contributed by atoms with van der Waals surface area (Å²) in [4.78, 5) is 11.7. The van der Waals surface area contributed by atoms with E-state index in [2.05, 4.69) is 19.1 Å². The summed E-state index contributed by atoms with van der Waals surface area (Å²) < 4.78 is 5.09. The van der Waals surface area contributed by atoms with Crippen LogP contribution in [0.1, 0.15) is 32.3 Å². The Hall–Kier alpha value is -1.31. The lowest BCUT2D eigenvalue weighted by Gasteiger charge is -2.14. The molecule has 1 aromatic rings. The van der Waals surface area contributed by atoms with E-state index in [0.29, 0.717) is 6.61 Å². The first-order valence-corrected chi connectivity index (χ1v) is 5.98. The average Bonchev–Trinajstić information content (AvgIpc) is 2.30. The Morgan fingerprint density at radius 1 is 1.25 bits per heavy atom. The molecule has 0 amide bonds. The highest BCUT2D eigenvalue weighted by Gasteiger charge is 2.18. The summed E-state index contributed by atoms with van der Waals surface area (Å²) in [6.45, 7) is 4.41. The molecule has 0 fully saturated rings. The van der Waals surface area contributed by atoms with E-state index in [1.165, 1.54) is 5.56 Å². The lowest BCUT2D eigenvalue weighted by atomic mass is 9.95. The topological polar surface area (TPSA) is 26.3 Å². The van der Waals surface area contributed by atoms with Crippen molar-refractivity contribution in [2.45, 2.75) is 33.1 Å². The predicted molar refractivity (Wildman–Crippen MR) is 65.2 cm³/mol. The number of carbonyl (C=O) groups excluding carboxylic acids is 1. The zero-order valence-electron chi connectivity index (χ0n) is 10.1. The molecule has 0 saturated carbocycles. The molecule has 0 heterocycles. The maximum Gasteiger partial charge on any atom is 0.309 e. The van der Waals surface area contributed by atoms with Gasteiger partial charge < -0.3 is 4.74 Å². The Kier molecular flexibility index (Phi) is 5.62. The summed E-state index contributed by atoms with van der Waals surface area (Å²) in [5.74, 6) is -0.0550. The van der Waals surface area contributed by atoms with Gasteiger partial charge in [-0.1, -0.05) is 43.7 Å². The lowest BCUT2D eigenvalue weighted by molar-refractivity contribution is -0.148. The second-order valence-electron chi connectivity index (χ2n) is 3.93. The van der Waals surface area contributed by atoms with Crippen molar-refractivity contribution >= 4 is 5.97 Å². The molecule has 0 aromatic heterocycles. The molecule has 0 bridgehead atoms. The minimum Gasteiger partial charge on any atom is -0.466 e. The quantitative estimate of drug-likeness (QED) is 0.688. The third-order valence-corrected chi connectivity index (χ3v) is 2.58. The summed E-state index contributed by atoms with van der Waals surface area (Å²) >= 11 is 0. The molecule has 16 heavy (non-hydrogen) atoms. The normalized spacial score (nSPS) is 12.1. The zero-order valence-corrected chi connectivity index (χ0v) is 10.1. The SMILES string of the molecule is CCCC(Cc1ccccc1)C(=O)OCC. The van der Waals surface area contributed by atoms with Gasteiger partial charge in [0.25, 0.3) is 0 Å². The molecule has 0 spiro atoms. The van der Waals surface area contributed by atoms with Crippen LogP contribution in [-0.4, -0.2) is 12.6 Å². The Morgan fingerprint density at radius 3 is 2.50 bits per heavy atom. The minimum absolute atomic E-state index is 0.00681. The maximum atomic E-state index is 11.7. The zero-order chi connectivity index (χ0) is 11.8. The van der Waals surface area contributed by atoms with Gasteiger partial charge in [-0.3, -0.25) is 4.79 Å². The summed E-state index contributed by atoms with van der Waals surface area (Å²) in [5.41, 5.74) is 1.20. The first-order chi connectivity index (χ1) is 7.77.